The molecule has 3 N–H and O–H groups in total. The van der Waals surface area contributed by atoms with Gasteiger partial charge in [-0.25, -0.2) is 0 Å². The van der Waals surface area contributed by atoms with Crippen LogP contribution in [-0.4, -0.2) is 37.0 Å². The molecule has 0 aliphatic carbocycles. The monoisotopic (exact) mass is 295 g/mol. The summed E-state index contributed by atoms with van der Waals surface area (Å²) in [6.07, 6.45) is 2.89. The normalized spacial score (nSPS) is 19.8. The average molecular weight is 296 g/mol. The molecule has 1 atom stereocenters. The van der Waals surface area contributed by atoms with Crippen LogP contribution in [0.4, 0.5) is 5.69 Å². The molecule has 1 aromatic carbocycles. The molecule has 1 aliphatic rings. The second-order valence-corrected chi connectivity index (χ2v) is 5.79. The third-order valence-electron chi connectivity index (χ3n) is 3.70. The molecular weight excluding hydrogens is 274 g/mol. The molecule has 1 fully saturated rings. The Kier molecular flexibility index (Phi) is 5.83. The first-order valence-electron chi connectivity index (χ1n) is 7.15. The zero-order chi connectivity index (χ0) is 14.4. The van der Waals surface area contributed by atoms with Gasteiger partial charge < -0.3 is 16.0 Å². The van der Waals surface area contributed by atoms with Crippen LogP contribution >= 0.6 is 11.6 Å². The molecule has 0 spiro atoms. The summed E-state index contributed by atoms with van der Waals surface area (Å²) in [6, 6.07) is 7.21. The fourth-order valence-electron chi connectivity index (χ4n) is 2.60. The average Bonchev–Trinajstić information content (AvgIpc) is 2.45. The van der Waals surface area contributed by atoms with Crippen molar-refractivity contribution in [2.24, 2.45) is 11.7 Å². The molecule has 1 aliphatic heterocycles. The van der Waals surface area contributed by atoms with Gasteiger partial charge in [0.25, 0.3) is 0 Å². The molecule has 1 saturated heterocycles. The Hall–Kier alpha value is -1.10. The zero-order valence-electron chi connectivity index (χ0n) is 11.6. The highest BCUT2D eigenvalue weighted by Gasteiger charge is 2.18. The summed E-state index contributed by atoms with van der Waals surface area (Å²) in [5.41, 5.74) is 6.47. The summed E-state index contributed by atoms with van der Waals surface area (Å²) in [6.45, 7) is 3.62. The van der Waals surface area contributed by atoms with Crippen molar-refractivity contribution in [2.75, 3.05) is 31.5 Å². The Balaban J connectivity index is 1.75. The maximum Gasteiger partial charge on any atom is 0.225 e. The Bertz CT molecular complexity index is 452. The standard InChI is InChI=1S/C15H22ClN3O/c16-13-4-1-5-14(9-13)18-15(20)6-8-19-7-2-3-12(10-17)11-19/h1,4-5,9,12H,2-3,6-8,10-11,17H2,(H,18,20). The number of anilines is 1. The number of likely N-dealkylation sites (tertiary alicyclic amines) is 1. The maximum absolute atomic E-state index is 11.9. The van der Waals surface area contributed by atoms with E-state index in [1.165, 1.54) is 12.8 Å². The van der Waals surface area contributed by atoms with E-state index in [0.29, 0.717) is 17.4 Å². The van der Waals surface area contributed by atoms with Crippen molar-refractivity contribution in [2.45, 2.75) is 19.3 Å². The molecule has 0 aromatic heterocycles. The minimum absolute atomic E-state index is 0.0298. The fourth-order valence-corrected chi connectivity index (χ4v) is 2.79. The van der Waals surface area contributed by atoms with Crippen molar-refractivity contribution in [1.29, 1.82) is 0 Å². The third kappa shape index (κ3) is 4.78. The van der Waals surface area contributed by atoms with Gasteiger partial charge in [-0.1, -0.05) is 17.7 Å². The molecule has 2 rings (SSSR count). The summed E-state index contributed by atoms with van der Waals surface area (Å²) < 4.78 is 0. The van der Waals surface area contributed by atoms with Crippen LogP contribution in [0.1, 0.15) is 19.3 Å². The summed E-state index contributed by atoms with van der Waals surface area (Å²) in [4.78, 5) is 14.2. The number of amides is 1. The number of piperidine rings is 1. The molecule has 0 saturated carbocycles. The van der Waals surface area contributed by atoms with Crippen molar-refractivity contribution >= 4 is 23.2 Å². The van der Waals surface area contributed by atoms with Crippen molar-refractivity contribution in [3.63, 3.8) is 0 Å². The SMILES string of the molecule is NCC1CCCN(CCC(=O)Nc2cccc(Cl)c2)C1. The number of hydrogen-bond donors (Lipinski definition) is 2. The Morgan fingerprint density at radius 2 is 2.35 bits per heavy atom. The van der Waals surface area contributed by atoms with E-state index in [9.17, 15) is 4.79 Å². The van der Waals surface area contributed by atoms with Crippen molar-refractivity contribution < 1.29 is 4.79 Å². The number of benzene rings is 1. The zero-order valence-corrected chi connectivity index (χ0v) is 12.4. The summed E-state index contributed by atoms with van der Waals surface area (Å²) >= 11 is 5.89. The molecule has 20 heavy (non-hydrogen) atoms. The quantitative estimate of drug-likeness (QED) is 0.876. The van der Waals surface area contributed by atoms with Crippen LogP contribution in [-0.2, 0) is 4.79 Å². The van der Waals surface area contributed by atoms with Gasteiger partial charge in [0.2, 0.25) is 5.91 Å². The van der Waals surface area contributed by atoms with E-state index in [0.717, 1.165) is 31.9 Å². The second-order valence-electron chi connectivity index (χ2n) is 5.35. The first-order chi connectivity index (χ1) is 9.67. The van der Waals surface area contributed by atoms with Crippen LogP contribution in [0.25, 0.3) is 0 Å². The second kappa shape index (κ2) is 7.62. The van der Waals surface area contributed by atoms with Crippen LogP contribution < -0.4 is 11.1 Å². The van der Waals surface area contributed by atoms with Crippen molar-refractivity contribution in [3.8, 4) is 0 Å². The number of nitrogens with one attached hydrogen (secondary N) is 1. The smallest absolute Gasteiger partial charge is 0.225 e. The van der Waals surface area contributed by atoms with Gasteiger partial charge >= 0.3 is 0 Å². The van der Waals surface area contributed by atoms with Gasteiger partial charge in [0.1, 0.15) is 0 Å². The van der Waals surface area contributed by atoms with Crippen LogP contribution in [0.3, 0.4) is 0 Å². The van der Waals surface area contributed by atoms with Crippen molar-refractivity contribution in [1.82, 2.24) is 4.90 Å². The van der Waals surface area contributed by atoms with Crippen LogP contribution in [0.2, 0.25) is 5.02 Å². The molecular formula is C15H22ClN3O. The van der Waals surface area contributed by atoms with Gasteiger partial charge in [-0.15, -0.1) is 0 Å². The lowest BCUT2D eigenvalue weighted by Gasteiger charge is -2.31. The molecule has 1 aromatic rings. The Morgan fingerprint density at radius 3 is 3.10 bits per heavy atom. The number of rotatable bonds is 5. The minimum atomic E-state index is 0.0298. The maximum atomic E-state index is 11.9. The highest BCUT2D eigenvalue weighted by molar-refractivity contribution is 6.30. The number of nitrogens with two attached hydrogens (primary N) is 1. The van der Waals surface area contributed by atoms with E-state index in [1.807, 2.05) is 12.1 Å². The lowest BCUT2D eigenvalue weighted by atomic mass is 9.98. The predicted molar refractivity (Wildman–Crippen MR) is 82.9 cm³/mol. The molecule has 1 amide bonds. The molecule has 0 bridgehead atoms. The van der Waals surface area contributed by atoms with Crippen LogP contribution in [0.5, 0.6) is 0 Å². The van der Waals surface area contributed by atoms with Crippen LogP contribution in [0, 0.1) is 5.92 Å². The van der Waals surface area contributed by atoms with Gasteiger partial charge in [-0.05, 0) is 50.0 Å². The summed E-state index contributed by atoms with van der Waals surface area (Å²) in [5, 5.41) is 3.50. The molecule has 1 unspecified atom stereocenters. The fraction of sp³-hybridized carbons (Fsp3) is 0.533. The lowest BCUT2D eigenvalue weighted by Crippen LogP contribution is -2.39. The number of halogens is 1. The van der Waals surface area contributed by atoms with E-state index >= 15 is 0 Å². The highest BCUT2D eigenvalue weighted by atomic mass is 35.5. The molecule has 0 radical (unpaired) electrons. The van der Waals surface area contributed by atoms with E-state index in [4.69, 9.17) is 17.3 Å². The molecule has 110 valence electrons. The highest BCUT2D eigenvalue weighted by Crippen LogP contribution is 2.17. The van der Waals surface area contributed by atoms with Gasteiger partial charge in [0.05, 0.1) is 0 Å². The van der Waals surface area contributed by atoms with E-state index in [-0.39, 0.29) is 5.91 Å². The minimum Gasteiger partial charge on any atom is -0.330 e. The molecule has 4 nitrogen and oxygen atoms in total. The number of nitrogens with zero attached hydrogens (tertiary/aromatic N) is 1. The van der Waals surface area contributed by atoms with Gasteiger partial charge in [0.15, 0.2) is 0 Å². The van der Waals surface area contributed by atoms with E-state index in [2.05, 4.69) is 10.2 Å². The summed E-state index contributed by atoms with van der Waals surface area (Å²) in [7, 11) is 0. The van der Waals surface area contributed by atoms with Gasteiger partial charge in [-0.3, -0.25) is 4.79 Å². The Labute approximate surface area is 125 Å². The van der Waals surface area contributed by atoms with E-state index in [1.54, 1.807) is 12.1 Å². The molecule has 5 heteroatoms. The van der Waals surface area contributed by atoms with Crippen molar-refractivity contribution in [3.05, 3.63) is 29.3 Å². The van der Waals surface area contributed by atoms with Gasteiger partial charge in [-0.2, -0.15) is 0 Å². The number of carbonyl (C=O) groups is 1. The molecule has 1 heterocycles. The number of hydrogen-bond acceptors (Lipinski definition) is 3. The first-order valence-corrected chi connectivity index (χ1v) is 7.53. The lowest BCUT2D eigenvalue weighted by molar-refractivity contribution is -0.116. The summed E-state index contributed by atoms with van der Waals surface area (Å²) in [5.74, 6) is 0.613. The van der Waals surface area contributed by atoms with Gasteiger partial charge in [0, 0.05) is 30.2 Å². The van der Waals surface area contributed by atoms with Crippen LogP contribution in [0.15, 0.2) is 24.3 Å². The topological polar surface area (TPSA) is 58.4 Å². The Morgan fingerprint density at radius 1 is 1.50 bits per heavy atom. The third-order valence-corrected chi connectivity index (χ3v) is 3.94. The number of carbonyl (C=O) groups excluding carboxylic acids is 1. The first kappa shape index (κ1) is 15.3. The largest absolute Gasteiger partial charge is 0.330 e. The predicted octanol–water partition coefficient (Wildman–Crippen LogP) is 2.34. The van der Waals surface area contributed by atoms with E-state index < -0.39 is 0 Å².